The van der Waals surface area contributed by atoms with Gasteiger partial charge in [0.05, 0.1) is 6.61 Å². The number of hydrogen-bond acceptors (Lipinski definition) is 4. The third kappa shape index (κ3) is 4.75. The number of aromatic nitrogens is 3. The van der Waals surface area contributed by atoms with Gasteiger partial charge in [0.1, 0.15) is 0 Å². The maximum Gasteiger partial charge on any atom is 0.233 e. The fraction of sp³-hybridized carbons (Fsp3) is 0.300. The number of benzene rings is 1. The minimum Gasteiger partial charge on any atom is -0.383 e. The molecule has 5 nitrogen and oxygen atoms in total. The van der Waals surface area contributed by atoms with Gasteiger partial charge in [-0.2, -0.15) is 0 Å². The van der Waals surface area contributed by atoms with E-state index in [9.17, 15) is 0 Å². The fourth-order valence-electron chi connectivity index (χ4n) is 2.77. The van der Waals surface area contributed by atoms with Crippen molar-refractivity contribution in [1.82, 2.24) is 19.4 Å². The summed E-state index contributed by atoms with van der Waals surface area (Å²) in [6.45, 7) is 5.37. The highest BCUT2D eigenvalue weighted by molar-refractivity contribution is 5.22. The zero-order valence-electron chi connectivity index (χ0n) is 14.8. The summed E-state index contributed by atoms with van der Waals surface area (Å²) in [6, 6.07) is 14.7. The Labute approximate surface area is 148 Å². The molecule has 0 radical (unpaired) electrons. The monoisotopic (exact) mass is 336 g/mol. The molecule has 1 aromatic carbocycles. The van der Waals surface area contributed by atoms with Crippen LogP contribution in [0.25, 0.3) is 5.95 Å². The topological polar surface area (TPSA) is 43.2 Å². The predicted molar refractivity (Wildman–Crippen MR) is 98.5 cm³/mol. The molecule has 130 valence electrons. The van der Waals surface area contributed by atoms with E-state index in [1.807, 2.05) is 22.9 Å². The van der Waals surface area contributed by atoms with Crippen LogP contribution in [-0.4, -0.2) is 39.7 Å². The molecule has 0 atom stereocenters. The van der Waals surface area contributed by atoms with Crippen molar-refractivity contribution in [2.45, 2.75) is 20.0 Å². The predicted octanol–water partition coefficient (Wildman–Crippen LogP) is 3.22. The second-order valence-electron chi connectivity index (χ2n) is 6.11. The van der Waals surface area contributed by atoms with E-state index < -0.39 is 0 Å². The summed E-state index contributed by atoms with van der Waals surface area (Å²) in [7, 11) is 1.74. The van der Waals surface area contributed by atoms with Crippen molar-refractivity contribution in [3.8, 4) is 5.95 Å². The first-order chi connectivity index (χ1) is 12.3. The lowest BCUT2D eigenvalue weighted by molar-refractivity contribution is 0.139. The molecule has 25 heavy (non-hydrogen) atoms. The number of aryl methyl sites for hydroxylation is 1. The van der Waals surface area contributed by atoms with E-state index in [2.05, 4.69) is 52.1 Å². The standard InChI is InChI=1S/C20H24N4O/c1-17-6-8-18(9-7-17)15-23(13-14-25-2)16-19-5-3-12-24(19)20-21-10-4-11-22-20/h3-12H,13-16H2,1-2H3. The fourth-order valence-corrected chi connectivity index (χ4v) is 2.77. The molecule has 0 N–H and O–H groups in total. The van der Waals surface area contributed by atoms with Crippen LogP contribution in [0.1, 0.15) is 16.8 Å². The summed E-state index contributed by atoms with van der Waals surface area (Å²) in [4.78, 5) is 11.1. The average molecular weight is 336 g/mol. The minimum absolute atomic E-state index is 0.699. The van der Waals surface area contributed by atoms with Crippen molar-refractivity contribution in [2.75, 3.05) is 20.3 Å². The normalized spacial score (nSPS) is 11.2. The lowest BCUT2D eigenvalue weighted by atomic mass is 10.1. The lowest BCUT2D eigenvalue weighted by Gasteiger charge is -2.23. The molecule has 5 heteroatoms. The summed E-state index contributed by atoms with van der Waals surface area (Å²) >= 11 is 0. The lowest BCUT2D eigenvalue weighted by Crippen LogP contribution is -2.27. The Hall–Kier alpha value is -2.50. The second-order valence-corrected chi connectivity index (χ2v) is 6.11. The number of ether oxygens (including phenoxy) is 1. The Morgan fingerprint density at radius 2 is 1.76 bits per heavy atom. The quantitative estimate of drug-likeness (QED) is 0.633. The highest BCUT2D eigenvalue weighted by Crippen LogP contribution is 2.14. The third-order valence-electron chi connectivity index (χ3n) is 4.12. The highest BCUT2D eigenvalue weighted by atomic mass is 16.5. The van der Waals surface area contributed by atoms with Crippen molar-refractivity contribution in [2.24, 2.45) is 0 Å². The van der Waals surface area contributed by atoms with Gasteiger partial charge in [-0.3, -0.25) is 9.47 Å². The van der Waals surface area contributed by atoms with Crippen LogP contribution in [0.4, 0.5) is 0 Å². The van der Waals surface area contributed by atoms with Gasteiger partial charge in [0.2, 0.25) is 5.95 Å². The van der Waals surface area contributed by atoms with Crippen LogP contribution in [0.15, 0.2) is 61.1 Å². The van der Waals surface area contributed by atoms with Gasteiger partial charge in [-0.15, -0.1) is 0 Å². The van der Waals surface area contributed by atoms with Crippen LogP contribution in [0.3, 0.4) is 0 Å². The maximum atomic E-state index is 5.29. The van der Waals surface area contributed by atoms with Crippen molar-refractivity contribution in [3.63, 3.8) is 0 Å². The van der Waals surface area contributed by atoms with Gasteiger partial charge >= 0.3 is 0 Å². The van der Waals surface area contributed by atoms with Gasteiger partial charge in [0, 0.05) is 51.0 Å². The molecular formula is C20H24N4O. The van der Waals surface area contributed by atoms with Crippen molar-refractivity contribution in [1.29, 1.82) is 0 Å². The highest BCUT2D eigenvalue weighted by Gasteiger charge is 2.12. The molecule has 0 aliphatic carbocycles. The van der Waals surface area contributed by atoms with E-state index in [0.29, 0.717) is 12.6 Å². The van der Waals surface area contributed by atoms with Crippen molar-refractivity contribution in [3.05, 3.63) is 77.9 Å². The molecule has 0 bridgehead atoms. The van der Waals surface area contributed by atoms with Gasteiger partial charge in [0.25, 0.3) is 0 Å². The van der Waals surface area contributed by atoms with Crippen LogP contribution < -0.4 is 0 Å². The summed E-state index contributed by atoms with van der Waals surface area (Å²) in [5.41, 5.74) is 3.74. The van der Waals surface area contributed by atoms with E-state index >= 15 is 0 Å². The number of hydrogen-bond donors (Lipinski definition) is 0. The van der Waals surface area contributed by atoms with Crippen molar-refractivity contribution < 1.29 is 4.74 Å². The molecule has 0 aliphatic rings. The van der Waals surface area contributed by atoms with Crippen molar-refractivity contribution >= 4 is 0 Å². The van der Waals surface area contributed by atoms with Gasteiger partial charge in [-0.05, 0) is 30.7 Å². The molecule has 0 unspecified atom stereocenters. The summed E-state index contributed by atoms with van der Waals surface area (Å²) < 4.78 is 7.33. The molecule has 0 spiro atoms. The Bertz CT molecular complexity index is 768. The molecule has 3 rings (SSSR count). The largest absolute Gasteiger partial charge is 0.383 e. The number of methoxy groups -OCH3 is 1. The Morgan fingerprint density at radius 1 is 1.00 bits per heavy atom. The average Bonchev–Trinajstić information content (AvgIpc) is 3.10. The van der Waals surface area contributed by atoms with E-state index in [1.54, 1.807) is 19.5 Å². The molecule has 2 aromatic heterocycles. The smallest absolute Gasteiger partial charge is 0.233 e. The first kappa shape index (κ1) is 17.3. The second kappa shape index (κ2) is 8.55. The van der Waals surface area contributed by atoms with E-state index in [1.165, 1.54) is 11.1 Å². The van der Waals surface area contributed by atoms with Gasteiger partial charge in [0.15, 0.2) is 0 Å². The Kier molecular flexibility index (Phi) is 5.93. The molecular weight excluding hydrogens is 312 g/mol. The van der Waals surface area contributed by atoms with Gasteiger partial charge in [-0.1, -0.05) is 29.8 Å². The summed E-state index contributed by atoms with van der Waals surface area (Å²) in [5.74, 6) is 0.699. The number of nitrogens with zero attached hydrogens (tertiary/aromatic N) is 4. The van der Waals surface area contributed by atoms with Crippen LogP contribution in [0.2, 0.25) is 0 Å². The number of rotatable bonds is 8. The van der Waals surface area contributed by atoms with Gasteiger partial charge < -0.3 is 4.74 Å². The molecule has 0 aliphatic heterocycles. The van der Waals surface area contributed by atoms with Crippen LogP contribution >= 0.6 is 0 Å². The van der Waals surface area contributed by atoms with Crippen LogP contribution in [0.5, 0.6) is 0 Å². The molecule has 3 aromatic rings. The minimum atomic E-state index is 0.699. The molecule has 0 saturated heterocycles. The van der Waals surface area contributed by atoms with Gasteiger partial charge in [-0.25, -0.2) is 9.97 Å². The third-order valence-corrected chi connectivity index (χ3v) is 4.12. The van der Waals surface area contributed by atoms with Crippen LogP contribution in [-0.2, 0) is 17.8 Å². The zero-order valence-corrected chi connectivity index (χ0v) is 14.8. The molecule has 0 amide bonds. The van der Waals surface area contributed by atoms with E-state index in [-0.39, 0.29) is 0 Å². The molecule has 2 heterocycles. The molecule has 0 fully saturated rings. The SMILES string of the molecule is COCCN(Cc1ccc(C)cc1)Cc1cccn1-c1ncccn1. The van der Waals surface area contributed by atoms with E-state index in [0.717, 1.165) is 25.3 Å². The molecule has 0 saturated carbocycles. The van der Waals surface area contributed by atoms with Crippen LogP contribution in [0, 0.1) is 6.92 Å². The first-order valence-corrected chi connectivity index (χ1v) is 8.47. The Morgan fingerprint density at radius 3 is 2.48 bits per heavy atom. The Balaban J connectivity index is 1.76. The van der Waals surface area contributed by atoms with E-state index in [4.69, 9.17) is 4.74 Å². The summed E-state index contributed by atoms with van der Waals surface area (Å²) in [6.07, 6.45) is 5.53. The first-order valence-electron chi connectivity index (χ1n) is 8.47. The zero-order chi connectivity index (χ0) is 17.5. The summed E-state index contributed by atoms with van der Waals surface area (Å²) in [5, 5.41) is 0. The maximum absolute atomic E-state index is 5.29.